The molecule has 1 aliphatic rings. The summed E-state index contributed by atoms with van der Waals surface area (Å²) in [4.78, 5) is 28.4. The van der Waals surface area contributed by atoms with Gasteiger partial charge in [0.15, 0.2) is 11.4 Å². The summed E-state index contributed by atoms with van der Waals surface area (Å²) in [6.45, 7) is 6.29. The number of nitrogens with zero attached hydrogens (tertiary/aromatic N) is 1. The lowest BCUT2D eigenvalue weighted by Crippen LogP contribution is -2.41. The zero-order chi connectivity index (χ0) is 23.0. The summed E-state index contributed by atoms with van der Waals surface area (Å²) in [5.41, 5.74) is 2.30. The molecule has 32 heavy (non-hydrogen) atoms. The minimum atomic E-state index is -1.97. The van der Waals surface area contributed by atoms with Crippen LogP contribution in [0.15, 0.2) is 66.7 Å². The molecule has 0 spiro atoms. The Bertz CT molecular complexity index is 1190. The fourth-order valence-electron chi connectivity index (χ4n) is 4.24. The number of hydrogen-bond acceptors (Lipinski definition) is 3. The number of fused-ring (bicyclic) bond motifs is 1. The van der Waals surface area contributed by atoms with Gasteiger partial charge in [0.05, 0.1) is 18.7 Å². The molecule has 1 atom stereocenters. The number of Topliss-reactive ketones (excluding diaryl/α,β-unsaturated/α-hetero) is 1. The number of benzene rings is 3. The normalized spacial score (nSPS) is 17.7. The standard InChI is InChI=1S/C27H26ClNO3/c1-17(2)20-10-9-18(3)22(13-20)25(30)15-27(32)23-14-21(28)11-12-24(23)29(26(27)31)16-19-7-5-4-6-8-19/h4-14,17,32H,15-16H2,1-3H3. The lowest BCUT2D eigenvalue weighted by Gasteiger charge is -2.23. The molecule has 3 aromatic rings. The Morgan fingerprint density at radius 2 is 1.78 bits per heavy atom. The Hall–Kier alpha value is -2.95. The van der Waals surface area contributed by atoms with E-state index in [0.717, 1.165) is 16.7 Å². The molecule has 164 valence electrons. The maximum Gasteiger partial charge on any atom is 0.264 e. The van der Waals surface area contributed by atoms with E-state index < -0.39 is 11.5 Å². The maximum atomic E-state index is 13.5. The molecule has 3 aromatic carbocycles. The predicted molar refractivity (Wildman–Crippen MR) is 127 cm³/mol. The van der Waals surface area contributed by atoms with Crippen molar-refractivity contribution in [2.45, 2.75) is 45.3 Å². The molecule has 4 nitrogen and oxygen atoms in total. The lowest BCUT2D eigenvalue weighted by molar-refractivity contribution is -0.136. The molecule has 4 rings (SSSR count). The summed E-state index contributed by atoms with van der Waals surface area (Å²) in [5.74, 6) is -0.516. The van der Waals surface area contributed by atoms with Gasteiger partial charge in [-0.25, -0.2) is 0 Å². The second-order valence-corrected chi connectivity index (χ2v) is 9.16. The van der Waals surface area contributed by atoms with Gasteiger partial charge in [-0.15, -0.1) is 0 Å². The van der Waals surface area contributed by atoms with E-state index in [1.165, 1.54) is 4.90 Å². The number of hydrogen-bond donors (Lipinski definition) is 1. The van der Waals surface area contributed by atoms with Crippen LogP contribution < -0.4 is 4.90 Å². The summed E-state index contributed by atoms with van der Waals surface area (Å²) in [7, 11) is 0. The summed E-state index contributed by atoms with van der Waals surface area (Å²) in [6, 6.07) is 20.3. The molecular formula is C27H26ClNO3. The molecular weight excluding hydrogens is 422 g/mol. The first-order valence-electron chi connectivity index (χ1n) is 10.7. The number of halogens is 1. The van der Waals surface area contributed by atoms with Crippen molar-refractivity contribution in [2.24, 2.45) is 0 Å². The molecule has 1 unspecified atom stereocenters. The van der Waals surface area contributed by atoms with Crippen molar-refractivity contribution in [2.75, 3.05) is 4.90 Å². The monoisotopic (exact) mass is 447 g/mol. The third-order valence-corrected chi connectivity index (χ3v) is 6.36. The fourth-order valence-corrected chi connectivity index (χ4v) is 4.42. The molecule has 5 heteroatoms. The molecule has 0 aliphatic carbocycles. The van der Waals surface area contributed by atoms with E-state index >= 15 is 0 Å². The highest BCUT2D eigenvalue weighted by Gasteiger charge is 2.51. The summed E-state index contributed by atoms with van der Waals surface area (Å²) < 4.78 is 0. The van der Waals surface area contributed by atoms with E-state index in [1.54, 1.807) is 18.2 Å². The van der Waals surface area contributed by atoms with Crippen molar-refractivity contribution in [3.8, 4) is 0 Å². The van der Waals surface area contributed by atoms with E-state index in [1.807, 2.05) is 55.5 Å². The molecule has 0 bridgehead atoms. The third kappa shape index (κ3) is 3.96. The predicted octanol–water partition coefficient (Wildman–Crippen LogP) is 5.78. The van der Waals surface area contributed by atoms with Crippen molar-refractivity contribution >= 4 is 29.0 Å². The Morgan fingerprint density at radius 1 is 1.06 bits per heavy atom. The van der Waals surface area contributed by atoms with Crippen LogP contribution in [0.25, 0.3) is 0 Å². The quantitative estimate of drug-likeness (QED) is 0.487. The average molecular weight is 448 g/mol. The number of aryl methyl sites for hydroxylation is 1. The molecule has 0 fully saturated rings. The number of anilines is 1. The van der Waals surface area contributed by atoms with E-state index in [0.29, 0.717) is 28.4 Å². The first-order chi connectivity index (χ1) is 15.2. The van der Waals surface area contributed by atoms with Crippen molar-refractivity contribution < 1.29 is 14.7 Å². The Labute approximate surface area is 193 Å². The highest BCUT2D eigenvalue weighted by Crippen LogP contribution is 2.45. The zero-order valence-electron chi connectivity index (χ0n) is 18.4. The molecule has 0 aromatic heterocycles. The zero-order valence-corrected chi connectivity index (χ0v) is 19.2. The topological polar surface area (TPSA) is 57.6 Å². The summed E-state index contributed by atoms with van der Waals surface area (Å²) in [6.07, 6.45) is -0.340. The van der Waals surface area contributed by atoms with Gasteiger partial charge in [-0.3, -0.25) is 9.59 Å². The second kappa shape index (κ2) is 8.53. The van der Waals surface area contributed by atoms with Crippen LogP contribution in [-0.4, -0.2) is 16.8 Å². The largest absolute Gasteiger partial charge is 0.375 e. The van der Waals surface area contributed by atoms with Gasteiger partial charge >= 0.3 is 0 Å². The van der Waals surface area contributed by atoms with Crippen molar-refractivity contribution in [1.29, 1.82) is 0 Å². The number of amides is 1. The second-order valence-electron chi connectivity index (χ2n) is 8.73. The molecule has 0 radical (unpaired) electrons. The summed E-state index contributed by atoms with van der Waals surface area (Å²) >= 11 is 6.21. The van der Waals surface area contributed by atoms with E-state index in [9.17, 15) is 14.7 Å². The average Bonchev–Trinajstić information content (AvgIpc) is 2.96. The van der Waals surface area contributed by atoms with E-state index in [2.05, 4.69) is 13.8 Å². The number of carbonyl (C=O) groups is 2. The number of rotatable bonds is 6. The summed E-state index contributed by atoms with van der Waals surface area (Å²) in [5, 5.41) is 12.0. The lowest BCUT2D eigenvalue weighted by atomic mass is 9.86. The van der Waals surface area contributed by atoms with Gasteiger partial charge in [0, 0.05) is 16.1 Å². The number of aliphatic hydroxyl groups is 1. The first kappa shape index (κ1) is 22.3. The SMILES string of the molecule is Cc1ccc(C(C)C)cc1C(=O)CC1(O)C(=O)N(Cc2ccccc2)c2ccc(Cl)cc21. The van der Waals surface area contributed by atoms with Crippen molar-refractivity contribution in [3.05, 3.63) is 99.6 Å². The molecule has 0 saturated carbocycles. The number of carbonyl (C=O) groups excluding carboxylic acids is 2. The minimum absolute atomic E-state index is 0.263. The van der Waals surface area contributed by atoms with Crippen LogP contribution in [0.1, 0.15) is 58.8 Å². The molecule has 1 heterocycles. The van der Waals surface area contributed by atoms with Crippen LogP contribution in [0, 0.1) is 6.92 Å². The van der Waals surface area contributed by atoms with Gasteiger partial charge in [0.25, 0.3) is 5.91 Å². The van der Waals surface area contributed by atoms with Crippen molar-refractivity contribution in [1.82, 2.24) is 0 Å². The third-order valence-electron chi connectivity index (χ3n) is 6.12. The van der Waals surface area contributed by atoms with Gasteiger partial charge in [-0.1, -0.05) is 67.9 Å². The van der Waals surface area contributed by atoms with Gasteiger partial charge in [-0.2, -0.15) is 0 Å². The number of ketones is 1. The van der Waals surface area contributed by atoms with Crippen LogP contribution >= 0.6 is 11.6 Å². The minimum Gasteiger partial charge on any atom is -0.375 e. The van der Waals surface area contributed by atoms with E-state index in [4.69, 9.17) is 11.6 Å². The van der Waals surface area contributed by atoms with Gasteiger partial charge in [0.1, 0.15) is 0 Å². The molecule has 1 N–H and O–H groups in total. The van der Waals surface area contributed by atoms with Crippen molar-refractivity contribution in [3.63, 3.8) is 0 Å². The van der Waals surface area contributed by atoms with Crippen LogP contribution in [0.5, 0.6) is 0 Å². The first-order valence-corrected chi connectivity index (χ1v) is 11.1. The van der Waals surface area contributed by atoms with E-state index in [-0.39, 0.29) is 18.1 Å². The highest BCUT2D eigenvalue weighted by molar-refractivity contribution is 6.31. The van der Waals surface area contributed by atoms with Crippen LogP contribution in [0.4, 0.5) is 5.69 Å². The van der Waals surface area contributed by atoms with Gasteiger partial charge in [-0.05, 0) is 53.8 Å². The van der Waals surface area contributed by atoms with Crippen LogP contribution in [-0.2, 0) is 16.9 Å². The maximum absolute atomic E-state index is 13.5. The van der Waals surface area contributed by atoms with Gasteiger partial charge < -0.3 is 10.0 Å². The molecule has 1 amide bonds. The Morgan fingerprint density at radius 3 is 2.47 bits per heavy atom. The smallest absolute Gasteiger partial charge is 0.264 e. The van der Waals surface area contributed by atoms with Crippen LogP contribution in [0.3, 0.4) is 0 Å². The highest BCUT2D eigenvalue weighted by atomic mass is 35.5. The fraction of sp³-hybridized carbons (Fsp3) is 0.259. The Kier molecular flexibility index (Phi) is 5.93. The molecule has 1 aliphatic heterocycles. The Balaban J connectivity index is 1.72. The van der Waals surface area contributed by atoms with Crippen LogP contribution in [0.2, 0.25) is 5.02 Å². The van der Waals surface area contributed by atoms with Gasteiger partial charge in [0.2, 0.25) is 0 Å². The molecule has 0 saturated heterocycles.